The zero-order valence-electron chi connectivity index (χ0n) is 15.0. The molecule has 1 aliphatic rings. The van der Waals surface area contributed by atoms with Crippen LogP contribution in [0.5, 0.6) is 0 Å². The summed E-state index contributed by atoms with van der Waals surface area (Å²) in [4.78, 5) is 18.5. The number of amides is 1. The molecule has 1 N–H and O–H groups in total. The second-order valence-corrected chi connectivity index (χ2v) is 6.82. The number of hydrogen-bond acceptors (Lipinski definition) is 3. The fourth-order valence-corrected chi connectivity index (χ4v) is 3.67. The molecule has 3 heterocycles. The van der Waals surface area contributed by atoms with E-state index in [1.807, 2.05) is 18.0 Å². The minimum absolute atomic E-state index is 0.282. The molecule has 1 aliphatic heterocycles. The molecule has 2 unspecified atom stereocenters. The molecular formula is C19H28N4O. The van der Waals surface area contributed by atoms with Gasteiger partial charge in [-0.15, -0.1) is 0 Å². The fourth-order valence-electron chi connectivity index (χ4n) is 3.67. The number of nitrogens with one attached hydrogen (secondary N) is 1. The van der Waals surface area contributed by atoms with Crippen LogP contribution < -0.4 is 5.32 Å². The number of aryl methyl sites for hydroxylation is 1. The standard InChI is InChI=1S/C19H28N4O/c1-4-15-13-22(19(24)5-2)8-7-17(15)20-11-16-12-21-18-10-14(3)6-9-23(16)18/h6,9-10,12,15,17,20H,4-5,7-8,11,13H2,1-3H3. The van der Waals surface area contributed by atoms with Crippen LogP contribution in [0.3, 0.4) is 0 Å². The Hall–Kier alpha value is -1.88. The van der Waals surface area contributed by atoms with Crippen LogP contribution in [0.15, 0.2) is 24.5 Å². The summed E-state index contributed by atoms with van der Waals surface area (Å²) in [5.74, 6) is 0.805. The fraction of sp³-hybridized carbons (Fsp3) is 0.579. The average molecular weight is 328 g/mol. The van der Waals surface area contributed by atoms with E-state index in [-0.39, 0.29) is 5.91 Å². The first-order valence-corrected chi connectivity index (χ1v) is 9.06. The van der Waals surface area contributed by atoms with Crippen molar-refractivity contribution in [2.75, 3.05) is 13.1 Å². The molecule has 1 amide bonds. The number of carbonyl (C=O) groups excluding carboxylic acids is 1. The van der Waals surface area contributed by atoms with Gasteiger partial charge in [-0.2, -0.15) is 0 Å². The third-order valence-corrected chi connectivity index (χ3v) is 5.20. The number of carbonyl (C=O) groups is 1. The lowest BCUT2D eigenvalue weighted by atomic mass is 9.89. The van der Waals surface area contributed by atoms with E-state index in [9.17, 15) is 4.79 Å². The number of rotatable bonds is 5. The van der Waals surface area contributed by atoms with Crippen LogP contribution in [0.25, 0.3) is 5.65 Å². The van der Waals surface area contributed by atoms with E-state index in [2.05, 4.69) is 46.9 Å². The minimum atomic E-state index is 0.282. The van der Waals surface area contributed by atoms with E-state index in [4.69, 9.17) is 0 Å². The van der Waals surface area contributed by atoms with E-state index in [1.54, 1.807) is 0 Å². The zero-order valence-corrected chi connectivity index (χ0v) is 15.0. The highest BCUT2D eigenvalue weighted by Crippen LogP contribution is 2.21. The predicted octanol–water partition coefficient (Wildman–Crippen LogP) is 2.77. The normalized spacial score (nSPS) is 21.4. The number of imidazole rings is 1. The van der Waals surface area contributed by atoms with Crippen molar-refractivity contribution in [3.05, 3.63) is 35.8 Å². The maximum absolute atomic E-state index is 11.9. The summed E-state index contributed by atoms with van der Waals surface area (Å²) in [5, 5.41) is 3.71. The van der Waals surface area contributed by atoms with Gasteiger partial charge in [0.25, 0.3) is 0 Å². The van der Waals surface area contributed by atoms with Crippen molar-refractivity contribution in [1.29, 1.82) is 0 Å². The molecule has 0 saturated carbocycles. The highest BCUT2D eigenvalue weighted by atomic mass is 16.2. The van der Waals surface area contributed by atoms with Gasteiger partial charge in [-0.3, -0.25) is 4.79 Å². The summed E-state index contributed by atoms with van der Waals surface area (Å²) in [6, 6.07) is 4.68. The van der Waals surface area contributed by atoms with Gasteiger partial charge in [0, 0.05) is 38.3 Å². The van der Waals surface area contributed by atoms with Gasteiger partial charge in [0.15, 0.2) is 0 Å². The van der Waals surface area contributed by atoms with Gasteiger partial charge in [0.2, 0.25) is 5.91 Å². The Bertz CT molecular complexity index is 708. The zero-order chi connectivity index (χ0) is 17.1. The van der Waals surface area contributed by atoms with Crippen molar-refractivity contribution in [3.63, 3.8) is 0 Å². The summed E-state index contributed by atoms with van der Waals surface area (Å²) in [6.45, 7) is 8.81. The molecule has 24 heavy (non-hydrogen) atoms. The largest absolute Gasteiger partial charge is 0.342 e. The van der Waals surface area contributed by atoms with Crippen LogP contribution in [0.2, 0.25) is 0 Å². The molecule has 0 aromatic carbocycles. The first-order valence-electron chi connectivity index (χ1n) is 9.06. The first-order chi connectivity index (χ1) is 11.6. The Kier molecular flexibility index (Phi) is 5.19. The Morgan fingerprint density at radius 1 is 1.42 bits per heavy atom. The molecule has 3 rings (SSSR count). The maximum atomic E-state index is 11.9. The van der Waals surface area contributed by atoms with E-state index in [0.29, 0.717) is 18.4 Å². The van der Waals surface area contributed by atoms with E-state index < -0.39 is 0 Å². The Labute approximate surface area is 144 Å². The number of aromatic nitrogens is 2. The number of likely N-dealkylation sites (tertiary alicyclic amines) is 1. The third kappa shape index (κ3) is 3.46. The lowest BCUT2D eigenvalue weighted by molar-refractivity contribution is -0.133. The lowest BCUT2D eigenvalue weighted by Crippen LogP contribution is -2.50. The summed E-state index contributed by atoms with van der Waals surface area (Å²) in [6.07, 6.45) is 6.78. The van der Waals surface area contributed by atoms with Gasteiger partial charge >= 0.3 is 0 Å². The van der Waals surface area contributed by atoms with Crippen molar-refractivity contribution >= 4 is 11.6 Å². The Balaban J connectivity index is 1.64. The van der Waals surface area contributed by atoms with Crippen molar-refractivity contribution in [3.8, 4) is 0 Å². The van der Waals surface area contributed by atoms with Crippen LogP contribution in [0.4, 0.5) is 0 Å². The number of hydrogen-bond donors (Lipinski definition) is 1. The maximum Gasteiger partial charge on any atom is 0.222 e. The van der Waals surface area contributed by atoms with E-state index in [0.717, 1.165) is 38.1 Å². The SMILES string of the molecule is CCC(=O)N1CCC(NCc2cnc3cc(C)ccn23)C(CC)C1. The smallest absolute Gasteiger partial charge is 0.222 e. The van der Waals surface area contributed by atoms with Crippen molar-refractivity contribution < 1.29 is 4.79 Å². The number of nitrogens with zero attached hydrogens (tertiary/aromatic N) is 3. The molecule has 2 atom stereocenters. The second kappa shape index (κ2) is 7.34. The highest BCUT2D eigenvalue weighted by molar-refractivity contribution is 5.75. The molecule has 1 fully saturated rings. The van der Waals surface area contributed by atoms with Gasteiger partial charge < -0.3 is 14.6 Å². The number of piperidine rings is 1. The van der Waals surface area contributed by atoms with Crippen LogP contribution in [-0.2, 0) is 11.3 Å². The monoisotopic (exact) mass is 328 g/mol. The van der Waals surface area contributed by atoms with Crippen molar-refractivity contribution in [2.45, 2.75) is 52.6 Å². The highest BCUT2D eigenvalue weighted by Gasteiger charge is 2.29. The number of fused-ring (bicyclic) bond motifs is 1. The summed E-state index contributed by atoms with van der Waals surface area (Å²) in [7, 11) is 0. The molecule has 5 nitrogen and oxygen atoms in total. The van der Waals surface area contributed by atoms with Gasteiger partial charge in [-0.05, 0) is 37.0 Å². The van der Waals surface area contributed by atoms with Crippen molar-refractivity contribution in [1.82, 2.24) is 19.6 Å². The molecule has 2 aromatic rings. The molecule has 0 aliphatic carbocycles. The second-order valence-electron chi connectivity index (χ2n) is 6.82. The Morgan fingerprint density at radius 3 is 3.00 bits per heavy atom. The third-order valence-electron chi connectivity index (χ3n) is 5.20. The topological polar surface area (TPSA) is 49.6 Å². The van der Waals surface area contributed by atoms with Crippen molar-refractivity contribution in [2.24, 2.45) is 5.92 Å². The summed E-state index contributed by atoms with van der Waals surface area (Å²) >= 11 is 0. The molecule has 130 valence electrons. The van der Waals surface area contributed by atoms with E-state index >= 15 is 0 Å². The molecule has 1 saturated heterocycles. The Morgan fingerprint density at radius 2 is 2.25 bits per heavy atom. The summed E-state index contributed by atoms with van der Waals surface area (Å²) < 4.78 is 2.15. The number of pyridine rings is 1. The molecule has 0 radical (unpaired) electrons. The lowest BCUT2D eigenvalue weighted by Gasteiger charge is -2.38. The van der Waals surface area contributed by atoms with Crippen LogP contribution in [0.1, 0.15) is 44.4 Å². The molecular weight excluding hydrogens is 300 g/mol. The summed E-state index contributed by atoms with van der Waals surface area (Å²) in [5.41, 5.74) is 3.42. The van der Waals surface area contributed by atoms with Crippen LogP contribution in [-0.4, -0.2) is 39.3 Å². The molecule has 0 spiro atoms. The van der Waals surface area contributed by atoms with Gasteiger partial charge in [0.1, 0.15) is 5.65 Å². The van der Waals surface area contributed by atoms with Crippen LogP contribution in [0, 0.1) is 12.8 Å². The van der Waals surface area contributed by atoms with Gasteiger partial charge in [0.05, 0.1) is 11.9 Å². The first kappa shape index (κ1) is 17.0. The molecule has 5 heteroatoms. The van der Waals surface area contributed by atoms with Gasteiger partial charge in [-0.25, -0.2) is 4.98 Å². The molecule has 2 aromatic heterocycles. The quantitative estimate of drug-likeness (QED) is 0.918. The van der Waals surface area contributed by atoms with Gasteiger partial charge in [-0.1, -0.05) is 20.3 Å². The average Bonchev–Trinajstić information content (AvgIpc) is 3.01. The molecule has 0 bridgehead atoms. The predicted molar refractivity (Wildman–Crippen MR) is 95.8 cm³/mol. The van der Waals surface area contributed by atoms with Crippen LogP contribution >= 0.6 is 0 Å². The van der Waals surface area contributed by atoms with E-state index in [1.165, 1.54) is 11.3 Å². The minimum Gasteiger partial charge on any atom is -0.342 e.